The van der Waals surface area contributed by atoms with Gasteiger partial charge in [0.25, 0.3) is 0 Å². The lowest BCUT2D eigenvalue weighted by atomic mass is 9.98. The molecule has 1 N–H and O–H groups in total. The van der Waals surface area contributed by atoms with E-state index in [2.05, 4.69) is 41.1 Å². The van der Waals surface area contributed by atoms with E-state index >= 15 is 0 Å². The predicted octanol–water partition coefficient (Wildman–Crippen LogP) is 5.56. The van der Waals surface area contributed by atoms with Gasteiger partial charge >= 0.3 is 6.09 Å². The van der Waals surface area contributed by atoms with Gasteiger partial charge in [-0.1, -0.05) is 60.7 Å². The second-order valence-electron chi connectivity index (χ2n) is 6.79. The van der Waals surface area contributed by atoms with E-state index < -0.39 is 6.09 Å². The maximum absolute atomic E-state index is 12.4. The van der Waals surface area contributed by atoms with E-state index in [1.165, 1.54) is 22.3 Å². The van der Waals surface area contributed by atoms with Crippen molar-refractivity contribution < 1.29 is 9.53 Å². The average molecular weight is 370 g/mol. The Morgan fingerprint density at radius 1 is 1.04 bits per heavy atom. The number of pyridine rings is 1. The first kappa shape index (κ1) is 18.0. The van der Waals surface area contributed by atoms with E-state index in [4.69, 9.17) is 4.74 Å². The summed E-state index contributed by atoms with van der Waals surface area (Å²) < 4.78 is 5.59. The van der Waals surface area contributed by atoms with Crippen molar-refractivity contribution in [3.8, 4) is 11.1 Å². The molecule has 1 amide bonds. The Labute approximate surface area is 164 Å². The Hall–Kier alpha value is -3.40. The molecule has 0 fully saturated rings. The number of benzene rings is 2. The van der Waals surface area contributed by atoms with Crippen molar-refractivity contribution in [1.29, 1.82) is 0 Å². The number of allylic oxidation sites excluding steroid dienone is 1. The zero-order chi connectivity index (χ0) is 19.3. The molecule has 1 heterocycles. The molecule has 0 saturated carbocycles. The van der Waals surface area contributed by atoms with Gasteiger partial charge in [0.15, 0.2) is 0 Å². The van der Waals surface area contributed by atoms with Crippen LogP contribution in [0.2, 0.25) is 0 Å². The number of aryl methyl sites for hydroxylation is 1. The van der Waals surface area contributed by atoms with Gasteiger partial charge in [0.1, 0.15) is 12.4 Å². The SMILES string of the molecule is C=CCCc1cccnc1NC(=O)OCC1c2ccccc2-c2ccccc21. The fourth-order valence-electron chi connectivity index (χ4n) is 3.74. The molecule has 1 aliphatic rings. The number of amides is 1. The molecule has 4 rings (SSSR count). The molecule has 2 aromatic carbocycles. The molecule has 1 aromatic heterocycles. The summed E-state index contributed by atoms with van der Waals surface area (Å²) in [6.07, 6.45) is 4.63. The van der Waals surface area contributed by atoms with Crippen LogP contribution in [0.1, 0.15) is 29.0 Å². The summed E-state index contributed by atoms with van der Waals surface area (Å²) in [5, 5.41) is 2.78. The van der Waals surface area contributed by atoms with Gasteiger partial charge in [0, 0.05) is 12.1 Å². The first-order valence-electron chi connectivity index (χ1n) is 9.44. The van der Waals surface area contributed by atoms with Gasteiger partial charge in [-0.15, -0.1) is 6.58 Å². The van der Waals surface area contributed by atoms with E-state index in [1.54, 1.807) is 6.20 Å². The number of nitrogens with one attached hydrogen (secondary N) is 1. The largest absolute Gasteiger partial charge is 0.448 e. The van der Waals surface area contributed by atoms with Crippen molar-refractivity contribution in [2.45, 2.75) is 18.8 Å². The summed E-state index contributed by atoms with van der Waals surface area (Å²) in [6.45, 7) is 4.03. The lowest BCUT2D eigenvalue weighted by Gasteiger charge is -2.15. The molecule has 0 atom stereocenters. The highest BCUT2D eigenvalue weighted by molar-refractivity contribution is 5.84. The van der Waals surface area contributed by atoms with Crippen LogP contribution < -0.4 is 5.32 Å². The van der Waals surface area contributed by atoms with Crippen molar-refractivity contribution in [2.75, 3.05) is 11.9 Å². The van der Waals surface area contributed by atoms with Crippen molar-refractivity contribution in [2.24, 2.45) is 0 Å². The van der Waals surface area contributed by atoms with Crippen LogP contribution in [0.5, 0.6) is 0 Å². The fraction of sp³-hybridized carbons (Fsp3) is 0.167. The number of hydrogen-bond acceptors (Lipinski definition) is 3. The molecule has 0 saturated heterocycles. The molecular formula is C24H22N2O2. The minimum atomic E-state index is -0.486. The third kappa shape index (κ3) is 3.54. The maximum atomic E-state index is 12.4. The summed E-state index contributed by atoms with van der Waals surface area (Å²) in [7, 11) is 0. The normalized spacial score (nSPS) is 12.1. The van der Waals surface area contributed by atoms with Gasteiger partial charge in [0.2, 0.25) is 0 Å². The smallest absolute Gasteiger partial charge is 0.412 e. The van der Waals surface area contributed by atoms with E-state index in [1.807, 2.05) is 42.5 Å². The quantitative estimate of drug-likeness (QED) is 0.578. The van der Waals surface area contributed by atoms with Gasteiger partial charge in [-0.3, -0.25) is 5.32 Å². The fourth-order valence-corrected chi connectivity index (χ4v) is 3.74. The van der Waals surface area contributed by atoms with Crippen molar-refractivity contribution >= 4 is 11.9 Å². The van der Waals surface area contributed by atoms with Crippen molar-refractivity contribution in [3.05, 3.63) is 96.2 Å². The van der Waals surface area contributed by atoms with Gasteiger partial charge in [-0.05, 0) is 46.7 Å². The third-order valence-electron chi connectivity index (χ3n) is 5.07. The molecule has 3 aromatic rings. The number of ether oxygens (including phenoxy) is 1. The van der Waals surface area contributed by atoms with Crippen LogP contribution in [-0.4, -0.2) is 17.7 Å². The molecule has 0 unspecified atom stereocenters. The summed E-state index contributed by atoms with van der Waals surface area (Å²) in [4.78, 5) is 16.7. The van der Waals surface area contributed by atoms with E-state index in [9.17, 15) is 4.79 Å². The molecule has 0 radical (unpaired) electrons. The zero-order valence-electron chi connectivity index (χ0n) is 15.6. The Morgan fingerprint density at radius 3 is 2.39 bits per heavy atom. The first-order valence-corrected chi connectivity index (χ1v) is 9.44. The Kier molecular flexibility index (Phi) is 5.20. The Morgan fingerprint density at radius 2 is 1.71 bits per heavy atom. The Bertz CT molecular complexity index is 967. The third-order valence-corrected chi connectivity index (χ3v) is 5.07. The number of carbonyl (C=O) groups is 1. The number of fused-ring (bicyclic) bond motifs is 3. The highest BCUT2D eigenvalue weighted by Gasteiger charge is 2.29. The topological polar surface area (TPSA) is 51.2 Å². The van der Waals surface area contributed by atoms with Gasteiger partial charge < -0.3 is 4.74 Å². The van der Waals surface area contributed by atoms with Crippen LogP contribution in [0.15, 0.2) is 79.5 Å². The molecule has 0 spiro atoms. The molecule has 140 valence electrons. The summed E-state index contributed by atoms with van der Waals surface area (Å²) in [6, 6.07) is 20.4. The number of carbonyl (C=O) groups excluding carboxylic acids is 1. The van der Waals surface area contributed by atoms with Crippen LogP contribution in [-0.2, 0) is 11.2 Å². The number of rotatable bonds is 6. The molecule has 4 nitrogen and oxygen atoms in total. The number of hydrogen-bond donors (Lipinski definition) is 1. The summed E-state index contributed by atoms with van der Waals surface area (Å²) in [5.74, 6) is 0.587. The van der Waals surface area contributed by atoms with Crippen molar-refractivity contribution in [3.63, 3.8) is 0 Å². The van der Waals surface area contributed by atoms with Gasteiger partial charge in [0.05, 0.1) is 0 Å². The highest BCUT2D eigenvalue weighted by atomic mass is 16.5. The summed E-state index contributed by atoms with van der Waals surface area (Å²) >= 11 is 0. The number of aromatic nitrogens is 1. The van der Waals surface area contributed by atoms with Crippen LogP contribution >= 0.6 is 0 Å². The van der Waals surface area contributed by atoms with Gasteiger partial charge in [-0.25, -0.2) is 9.78 Å². The molecule has 0 aliphatic heterocycles. The Balaban J connectivity index is 1.47. The monoisotopic (exact) mass is 370 g/mol. The molecule has 0 bridgehead atoms. The number of anilines is 1. The van der Waals surface area contributed by atoms with E-state index in [0.717, 1.165) is 18.4 Å². The van der Waals surface area contributed by atoms with Crippen LogP contribution in [0.4, 0.5) is 10.6 Å². The molecule has 28 heavy (non-hydrogen) atoms. The first-order chi connectivity index (χ1) is 13.8. The second kappa shape index (κ2) is 8.09. The average Bonchev–Trinajstić information content (AvgIpc) is 3.05. The predicted molar refractivity (Wildman–Crippen MR) is 111 cm³/mol. The zero-order valence-corrected chi connectivity index (χ0v) is 15.6. The van der Waals surface area contributed by atoms with Crippen molar-refractivity contribution in [1.82, 2.24) is 4.98 Å². The number of nitrogens with zero attached hydrogens (tertiary/aromatic N) is 1. The van der Waals surface area contributed by atoms with E-state index in [-0.39, 0.29) is 12.5 Å². The lowest BCUT2D eigenvalue weighted by molar-refractivity contribution is 0.158. The highest BCUT2D eigenvalue weighted by Crippen LogP contribution is 2.44. The van der Waals surface area contributed by atoms with Crippen LogP contribution in [0.25, 0.3) is 11.1 Å². The maximum Gasteiger partial charge on any atom is 0.412 e. The van der Waals surface area contributed by atoms with Gasteiger partial charge in [-0.2, -0.15) is 0 Å². The van der Waals surface area contributed by atoms with Crippen LogP contribution in [0.3, 0.4) is 0 Å². The second-order valence-corrected chi connectivity index (χ2v) is 6.79. The lowest BCUT2D eigenvalue weighted by Crippen LogP contribution is -2.19. The minimum Gasteiger partial charge on any atom is -0.448 e. The molecular weight excluding hydrogens is 348 g/mol. The van der Waals surface area contributed by atoms with Crippen LogP contribution in [0, 0.1) is 0 Å². The summed E-state index contributed by atoms with van der Waals surface area (Å²) in [5.41, 5.74) is 5.78. The van der Waals surface area contributed by atoms with E-state index in [0.29, 0.717) is 5.82 Å². The minimum absolute atomic E-state index is 0.0436. The standard InChI is InChI=1S/C24H22N2O2/c1-2-3-9-17-10-8-15-25-23(17)26-24(27)28-16-22-20-13-6-4-11-18(20)19-12-5-7-14-21(19)22/h2,4-8,10-15,22H,1,3,9,16H2,(H,25,26,27). The molecule has 1 aliphatic carbocycles. The molecule has 4 heteroatoms.